The normalized spacial score (nSPS) is 12.7. The van der Waals surface area contributed by atoms with E-state index < -0.39 is 6.04 Å². The fourth-order valence-corrected chi connectivity index (χ4v) is 4.57. The first-order valence-corrected chi connectivity index (χ1v) is 13.1. The van der Waals surface area contributed by atoms with Gasteiger partial charge in [0.15, 0.2) is 11.5 Å². The Hall–Kier alpha value is -3.22. The summed E-state index contributed by atoms with van der Waals surface area (Å²) in [5.74, 6) is 1.07. The van der Waals surface area contributed by atoms with E-state index in [0.29, 0.717) is 40.9 Å². The highest BCUT2D eigenvalue weighted by atomic mass is 35.5. The van der Waals surface area contributed by atoms with Crippen LogP contribution in [0.25, 0.3) is 0 Å². The maximum absolute atomic E-state index is 13.7. The van der Waals surface area contributed by atoms with Crippen molar-refractivity contribution in [1.82, 2.24) is 10.2 Å². The summed E-state index contributed by atoms with van der Waals surface area (Å²) in [5.41, 5.74) is 2.73. The fraction of sp³-hybridized carbons (Fsp3) is 0.310. The van der Waals surface area contributed by atoms with E-state index in [1.807, 2.05) is 61.5 Å². The number of fused-ring (bicyclic) bond motifs is 1. The summed E-state index contributed by atoms with van der Waals surface area (Å²) < 4.78 is 10.9. The summed E-state index contributed by atoms with van der Waals surface area (Å²) in [4.78, 5) is 28.8. The molecule has 0 aromatic heterocycles. The molecule has 4 rings (SSSR count). The molecule has 0 saturated heterocycles. The first-order chi connectivity index (χ1) is 17.9. The van der Waals surface area contributed by atoms with Gasteiger partial charge in [-0.25, -0.2) is 0 Å². The first-order valence-electron chi connectivity index (χ1n) is 12.4. The molecule has 1 atom stereocenters. The minimum atomic E-state index is -0.687. The van der Waals surface area contributed by atoms with Gasteiger partial charge in [0.2, 0.25) is 18.6 Å². The van der Waals surface area contributed by atoms with Gasteiger partial charge in [-0.15, -0.1) is 0 Å². The predicted octanol–water partition coefficient (Wildman–Crippen LogP) is 5.82. The molecule has 1 heterocycles. The Morgan fingerprint density at radius 2 is 1.68 bits per heavy atom. The minimum absolute atomic E-state index is 0.128. The highest BCUT2D eigenvalue weighted by Gasteiger charge is 2.30. The Balaban J connectivity index is 1.60. The van der Waals surface area contributed by atoms with Gasteiger partial charge in [0.1, 0.15) is 6.04 Å². The van der Waals surface area contributed by atoms with Crippen LogP contribution in [0.1, 0.15) is 36.5 Å². The number of nitrogens with zero attached hydrogens (tertiary/aromatic N) is 1. The fourth-order valence-electron chi connectivity index (χ4n) is 4.25. The highest BCUT2D eigenvalue weighted by Crippen LogP contribution is 2.33. The van der Waals surface area contributed by atoms with Crippen LogP contribution in [0.15, 0.2) is 66.7 Å². The average Bonchev–Trinajstić information content (AvgIpc) is 3.38. The number of halogens is 2. The molecule has 1 aliphatic rings. The molecular weight excluding hydrogens is 511 g/mol. The topological polar surface area (TPSA) is 67.9 Å². The largest absolute Gasteiger partial charge is 0.454 e. The van der Waals surface area contributed by atoms with Crippen molar-refractivity contribution in [3.63, 3.8) is 0 Å². The lowest BCUT2D eigenvalue weighted by atomic mass is 10.0. The van der Waals surface area contributed by atoms with Gasteiger partial charge in [0.25, 0.3) is 0 Å². The number of benzene rings is 3. The maximum Gasteiger partial charge on any atom is 0.243 e. The van der Waals surface area contributed by atoms with Crippen LogP contribution in [0.4, 0.5) is 0 Å². The van der Waals surface area contributed by atoms with E-state index in [1.54, 1.807) is 17.0 Å². The number of aryl methyl sites for hydroxylation is 1. The van der Waals surface area contributed by atoms with Crippen LogP contribution in [0.3, 0.4) is 0 Å². The van der Waals surface area contributed by atoms with E-state index in [2.05, 4.69) is 5.32 Å². The number of ether oxygens (including phenoxy) is 2. The Kier molecular flexibility index (Phi) is 9.31. The SMILES string of the molecule is CCCNC(=O)C(Cc1ccccc1)N(Cc1ccc(Cl)c(Cl)c1)C(=O)CCc1ccc2c(c1)OCO2. The van der Waals surface area contributed by atoms with Gasteiger partial charge >= 0.3 is 0 Å². The second-order valence-electron chi connectivity index (χ2n) is 8.95. The molecule has 0 spiro atoms. The molecule has 1 N–H and O–H groups in total. The standard InChI is InChI=1S/C29H30Cl2N2O4/c1-2-14-32-29(35)25(16-20-6-4-3-5-7-20)33(18-22-8-11-23(30)24(31)15-22)28(34)13-10-21-9-12-26-27(17-21)37-19-36-26/h3-9,11-12,15,17,25H,2,10,13-14,16,18-19H2,1H3,(H,32,35). The molecule has 194 valence electrons. The van der Waals surface area contributed by atoms with Gasteiger partial charge in [-0.05, 0) is 53.8 Å². The average molecular weight is 541 g/mol. The van der Waals surface area contributed by atoms with Gasteiger partial charge < -0.3 is 19.7 Å². The van der Waals surface area contributed by atoms with E-state index in [-0.39, 0.29) is 31.6 Å². The van der Waals surface area contributed by atoms with Crippen LogP contribution in [0.2, 0.25) is 10.0 Å². The molecule has 0 bridgehead atoms. The summed E-state index contributed by atoms with van der Waals surface area (Å²) in [7, 11) is 0. The lowest BCUT2D eigenvalue weighted by Crippen LogP contribution is -2.50. The van der Waals surface area contributed by atoms with Gasteiger partial charge in [0, 0.05) is 25.9 Å². The van der Waals surface area contributed by atoms with Gasteiger partial charge in [-0.2, -0.15) is 0 Å². The van der Waals surface area contributed by atoms with E-state index in [1.165, 1.54) is 0 Å². The zero-order valence-corrected chi connectivity index (χ0v) is 22.2. The highest BCUT2D eigenvalue weighted by molar-refractivity contribution is 6.42. The summed E-state index contributed by atoms with van der Waals surface area (Å²) in [6.07, 6.45) is 1.93. The number of nitrogens with one attached hydrogen (secondary N) is 1. The van der Waals surface area contributed by atoms with E-state index in [9.17, 15) is 9.59 Å². The molecule has 0 aliphatic carbocycles. The van der Waals surface area contributed by atoms with Crippen molar-refractivity contribution in [2.45, 2.75) is 45.2 Å². The molecule has 0 fully saturated rings. The summed E-state index contributed by atoms with van der Waals surface area (Å²) in [6.45, 7) is 2.96. The van der Waals surface area contributed by atoms with Crippen LogP contribution >= 0.6 is 23.2 Å². The third-order valence-electron chi connectivity index (χ3n) is 6.22. The Bertz CT molecular complexity index is 1240. The third kappa shape index (κ3) is 7.18. The van der Waals surface area contributed by atoms with Gasteiger partial charge in [-0.1, -0.05) is 72.6 Å². The Morgan fingerprint density at radius 1 is 0.919 bits per heavy atom. The lowest BCUT2D eigenvalue weighted by molar-refractivity contribution is -0.141. The van der Waals surface area contributed by atoms with Crippen molar-refractivity contribution in [2.75, 3.05) is 13.3 Å². The Labute approximate surface area is 227 Å². The lowest BCUT2D eigenvalue weighted by Gasteiger charge is -2.32. The van der Waals surface area contributed by atoms with Gasteiger partial charge in [0.05, 0.1) is 10.0 Å². The van der Waals surface area contributed by atoms with E-state index in [0.717, 1.165) is 23.1 Å². The van der Waals surface area contributed by atoms with E-state index >= 15 is 0 Å². The molecule has 1 unspecified atom stereocenters. The molecular formula is C29H30Cl2N2O4. The molecule has 2 amide bonds. The molecule has 6 nitrogen and oxygen atoms in total. The van der Waals surface area contributed by atoms with Crippen molar-refractivity contribution in [3.05, 3.63) is 93.5 Å². The second kappa shape index (κ2) is 12.8. The van der Waals surface area contributed by atoms with Crippen LogP contribution in [-0.4, -0.2) is 36.1 Å². The minimum Gasteiger partial charge on any atom is -0.454 e. The molecule has 0 radical (unpaired) electrons. The summed E-state index contributed by atoms with van der Waals surface area (Å²) in [6, 6.07) is 20.0. The smallest absolute Gasteiger partial charge is 0.243 e. The van der Waals surface area contributed by atoms with Crippen LogP contribution in [0.5, 0.6) is 11.5 Å². The van der Waals surface area contributed by atoms with Crippen molar-refractivity contribution in [2.24, 2.45) is 0 Å². The van der Waals surface area contributed by atoms with E-state index in [4.69, 9.17) is 32.7 Å². The number of carbonyl (C=O) groups excluding carboxylic acids is 2. The zero-order chi connectivity index (χ0) is 26.2. The summed E-state index contributed by atoms with van der Waals surface area (Å²) >= 11 is 12.4. The van der Waals surface area contributed by atoms with Crippen LogP contribution in [-0.2, 0) is 29.0 Å². The van der Waals surface area contributed by atoms with Crippen molar-refractivity contribution in [1.29, 1.82) is 0 Å². The zero-order valence-electron chi connectivity index (χ0n) is 20.7. The predicted molar refractivity (Wildman–Crippen MR) is 145 cm³/mol. The van der Waals surface area contributed by atoms with Gasteiger partial charge in [-0.3, -0.25) is 9.59 Å². The Morgan fingerprint density at radius 3 is 2.43 bits per heavy atom. The van der Waals surface area contributed by atoms with Crippen molar-refractivity contribution in [3.8, 4) is 11.5 Å². The third-order valence-corrected chi connectivity index (χ3v) is 6.96. The number of hydrogen-bond acceptors (Lipinski definition) is 4. The molecule has 0 saturated carbocycles. The monoisotopic (exact) mass is 540 g/mol. The summed E-state index contributed by atoms with van der Waals surface area (Å²) in [5, 5.41) is 3.83. The molecule has 8 heteroatoms. The second-order valence-corrected chi connectivity index (χ2v) is 9.77. The number of hydrogen-bond donors (Lipinski definition) is 1. The number of rotatable bonds is 11. The van der Waals surface area contributed by atoms with Crippen molar-refractivity contribution < 1.29 is 19.1 Å². The molecule has 37 heavy (non-hydrogen) atoms. The number of amides is 2. The first kappa shape index (κ1) is 26.8. The quantitative estimate of drug-likeness (QED) is 0.332. The molecule has 1 aliphatic heterocycles. The van der Waals surface area contributed by atoms with Crippen LogP contribution < -0.4 is 14.8 Å². The molecule has 3 aromatic carbocycles. The maximum atomic E-state index is 13.7. The van der Waals surface area contributed by atoms with Crippen LogP contribution in [0, 0.1) is 0 Å². The number of carbonyl (C=O) groups is 2. The molecule has 3 aromatic rings. The van der Waals surface area contributed by atoms with Crippen molar-refractivity contribution >= 4 is 35.0 Å².